The zero-order valence-corrected chi connectivity index (χ0v) is 13.4. The van der Waals surface area contributed by atoms with Gasteiger partial charge < -0.3 is 10.2 Å². The van der Waals surface area contributed by atoms with Gasteiger partial charge in [0.25, 0.3) is 0 Å². The van der Waals surface area contributed by atoms with E-state index in [4.69, 9.17) is 0 Å². The van der Waals surface area contributed by atoms with E-state index in [1.165, 1.54) is 51.4 Å². The van der Waals surface area contributed by atoms with Gasteiger partial charge in [0.2, 0.25) is 5.91 Å². The molecule has 1 saturated carbocycles. The summed E-state index contributed by atoms with van der Waals surface area (Å²) >= 11 is 0. The highest BCUT2D eigenvalue weighted by atomic mass is 16.2. The van der Waals surface area contributed by atoms with Crippen LogP contribution in [0.1, 0.15) is 65.2 Å². The van der Waals surface area contributed by atoms with Crippen molar-refractivity contribution in [2.75, 3.05) is 19.6 Å². The van der Waals surface area contributed by atoms with Gasteiger partial charge in [-0.2, -0.15) is 0 Å². The van der Waals surface area contributed by atoms with Gasteiger partial charge in [0.1, 0.15) is 0 Å². The average molecular weight is 280 g/mol. The van der Waals surface area contributed by atoms with Gasteiger partial charge in [-0.25, -0.2) is 0 Å². The maximum atomic E-state index is 12.3. The second kappa shape index (κ2) is 8.02. The Morgan fingerprint density at radius 3 is 2.30 bits per heavy atom. The van der Waals surface area contributed by atoms with Crippen LogP contribution in [-0.4, -0.2) is 36.5 Å². The quantitative estimate of drug-likeness (QED) is 0.839. The molecule has 3 heteroatoms. The molecule has 1 saturated heterocycles. The number of carbonyl (C=O) groups is 1. The zero-order chi connectivity index (χ0) is 14.4. The molecule has 2 aliphatic rings. The Hall–Kier alpha value is -0.570. The molecule has 0 aromatic heterocycles. The number of amides is 1. The molecule has 1 heterocycles. The fourth-order valence-corrected chi connectivity index (χ4v) is 3.66. The summed E-state index contributed by atoms with van der Waals surface area (Å²) in [5.41, 5.74) is 0. The molecular weight excluding hydrogens is 248 g/mol. The summed E-state index contributed by atoms with van der Waals surface area (Å²) in [6.07, 6.45) is 10.4. The van der Waals surface area contributed by atoms with E-state index < -0.39 is 0 Å². The normalized spacial score (nSPS) is 29.2. The molecule has 1 unspecified atom stereocenters. The lowest BCUT2D eigenvalue weighted by molar-refractivity contribution is -0.134. The lowest BCUT2D eigenvalue weighted by atomic mass is 9.81. The Labute approximate surface area is 124 Å². The summed E-state index contributed by atoms with van der Waals surface area (Å²) in [6, 6.07) is -0.00278. The van der Waals surface area contributed by atoms with Gasteiger partial charge in [-0.05, 0) is 57.4 Å². The highest BCUT2D eigenvalue weighted by Crippen LogP contribution is 2.30. The van der Waals surface area contributed by atoms with Crippen molar-refractivity contribution < 1.29 is 4.79 Å². The van der Waals surface area contributed by atoms with E-state index in [0.29, 0.717) is 5.91 Å². The minimum Gasteiger partial charge on any atom is -0.341 e. The Bertz CT molecular complexity index is 291. The molecule has 20 heavy (non-hydrogen) atoms. The summed E-state index contributed by atoms with van der Waals surface area (Å²) in [7, 11) is 0. The molecule has 1 N–H and O–H groups in total. The van der Waals surface area contributed by atoms with Crippen molar-refractivity contribution in [3.05, 3.63) is 0 Å². The summed E-state index contributed by atoms with van der Waals surface area (Å²) in [5.74, 6) is 2.06. The fourth-order valence-electron chi connectivity index (χ4n) is 3.66. The van der Waals surface area contributed by atoms with Crippen molar-refractivity contribution in [2.45, 2.75) is 71.3 Å². The molecule has 2 fully saturated rings. The average Bonchev–Trinajstić information content (AvgIpc) is 2.53. The van der Waals surface area contributed by atoms with Crippen LogP contribution in [0.3, 0.4) is 0 Å². The van der Waals surface area contributed by atoms with Crippen molar-refractivity contribution in [3.63, 3.8) is 0 Å². The van der Waals surface area contributed by atoms with Gasteiger partial charge in [0.15, 0.2) is 0 Å². The van der Waals surface area contributed by atoms with Crippen molar-refractivity contribution in [1.29, 1.82) is 0 Å². The molecule has 0 aromatic rings. The molecule has 1 atom stereocenters. The Morgan fingerprint density at radius 1 is 1.10 bits per heavy atom. The summed E-state index contributed by atoms with van der Waals surface area (Å²) in [6.45, 7) is 7.30. The summed E-state index contributed by atoms with van der Waals surface area (Å²) in [5, 5.41) is 3.49. The molecule has 0 radical (unpaired) electrons. The van der Waals surface area contributed by atoms with Crippen LogP contribution < -0.4 is 5.32 Å². The number of piperidine rings is 1. The Balaban J connectivity index is 1.66. The van der Waals surface area contributed by atoms with Crippen molar-refractivity contribution in [1.82, 2.24) is 10.2 Å². The molecule has 0 aromatic carbocycles. The number of rotatable bonds is 5. The number of likely N-dealkylation sites (tertiary alicyclic amines) is 1. The smallest absolute Gasteiger partial charge is 0.239 e. The third-order valence-electron chi connectivity index (χ3n) is 5.29. The molecule has 2 rings (SSSR count). The van der Waals surface area contributed by atoms with Crippen molar-refractivity contribution in [2.24, 2.45) is 11.8 Å². The standard InChI is InChI=1S/C17H32N2O/c1-3-15-7-9-16(10-8-15)13-18-14(2)17(20)19-11-5-4-6-12-19/h14-16,18H,3-13H2,1-2H3. The second-order valence-electron chi connectivity index (χ2n) is 6.81. The van der Waals surface area contributed by atoms with Crippen LogP contribution in [0.5, 0.6) is 0 Å². The first kappa shape index (κ1) is 15.8. The Kier molecular flexibility index (Phi) is 6.34. The number of nitrogens with one attached hydrogen (secondary N) is 1. The lowest BCUT2D eigenvalue weighted by Crippen LogP contribution is -2.48. The SMILES string of the molecule is CCC1CCC(CNC(C)C(=O)N2CCCCC2)CC1. The molecular formula is C17H32N2O. The highest BCUT2D eigenvalue weighted by molar-refractivity contribution is 5.81. The third kappa shape index (κ3) is 4.47. The van der Waals surface area contributed by atoms with Crippen LogP contribution in [0.25, 0.3) is 0 Å². The summed E-state index contributed by atoms with van der Waals surface area (Å²) < 4.78 is 0. The molecule has 116 valence electrons. The van der Waals surface area contributed by atoms with E-state index in [-0.39, 0.29) is 6.04 Å². The topological polar surface area (TPSA) is 32.3 Å². The summed E-state index contributed by atoms with van der Waals surface area (Å²) in [4.78, 5) is 14.4. The van der Waals surface area contributed by atoms with E-state index in [2.05, 4.69) is 17.1 Å². The first-order valence-electron chi connectivity index (χ1n) is 8.73. The monoisotopic (exact) mass is 280 g/mol. The molecule has 1 amide bonds. The predicted octanol–water partition coefficient (Wildman–Crippen LogP) is 3.19. The van der Waals surface area contributed by atoms with Gasteiger partial charge in [-0.3, -0.25) is 4.79 Å². The first-order chi connectivity index (χ1) is 9.70. The molecule has 0 spiro atoms. The first-order valence-corrected chi connectivity index (χ1v) is 8.73. The number of nitrogens with zero attached hydrogens (tertiary/aromatic N) is 1. The van der Waals surface area contributed by atoms with Gasteiger partial charge in [-0.15, -0.1) is 0 Å². The van der Waals surface area contributed by atoms with E-state index in [9.17, 15) is 4.79 Å². The number of carbonyl (C=O) groups excluding carboxylic acids is 1. The lowest BCUT2D eigenvalue weighted by Gasteiger charge is -2.31. The van der Waals surface area contributed by atoms with Gasteiger partial charge in [0.05, 0.1) is 6.04 Å². The largest absolute Gasteiger partial charge is 0.341 e. The van der Waals surface area contributed by atoms with E-state index in [1.54, 1.807) is 0 Å². The highest BCUT2D eigenvalue weighted by Gasteiger charge is 2.24. The van der Waals surface area contributed by atoms with E-state index >= 15 is 0 Å². The van der Waals surface area contributed by atoms with Crippen molar-refractivity contribution in [3.8, 4) is 0 Å². The van der Waals surface area contributed by atoms with Crippen molar-refractivity contribution >= 4 is 5.91 Å². The van der Waals surface area contributed by atoms with Crippen LogP contribution in [0.4, 0.5) is 0 Å². The van der Waals surface area contributed by atoms with E-state index in [0.717, 1.165) is 31.5 Å². The molecule has 0 bridgehead atoms. The van der Waals surface area contributed by atoms with Crippen LogP contribution in [0.2, 0.25) is 0 Å². The fraction of sp³-hybridized carbons (Fsp3) is 0.941. The predicted molar refractivity (Wildman–Crippen MR) is 83.6 cm³/mol. The minimum atomic E-state index is -0.00278. The molecule has 1 aliphatic carbocycles. The second-order valence-corrected chi connectivity index (χ2v) is 6.81. The maximum absolute atomic E-state index is 12.3. The van der Waals surface area contributed by atoms with Crippen LogP contribution in [0.15, 0.2) is 0 Å². The van der Waals surface area contributed by atoms with Crippen LogP contribution >= 0.6 is 0 Å². The zero-order valence-electron chi connectivity index (χ0n) is 13.4. The van der Waals surface area contributed by atoms with Gasteiger partial charge in [-0.1, -0.05) is 26.2 Å². The maximum Gasteiger partial charge on any atom is 0.239 e. The molecule has 1 aliphatic heterocycles. The number of hydrogen-bond donors (Lipinski definition) is 1. The Morgan fingerprint density at radius 2 is 1.70 bits per heavy atom. The minimum absolute atomic E-state index is 0.00278. The van der Waals surface area contributed by atoms with Crippen LogP contribution in [-0.2, 0) is 4.79 Å². The van der Waals surface area contributed by atoms with Crippen LogP contribution in [0, 0.1) is 11.8 Å². The van der Waals surface area contributed by atoms with Gasteiger partial charge in [0, 0.05) is 13.1 Å². The third-order valence-corrected chi connectivity index (χ3v) is 5.29. The van der Waals surface area contributed by atoms with Gasteiger partial charge >= 0.3 is 0 Å². The van der Waals surface area contributed by atoms with E-state index in [1.807, 2.05) is 6.92 Å². The number of hydrogen-bond acceptors (Lipinski definition) is 2. The molecule has 3 nitrogen and oxygen atoms in total.